The van der Waals surface area contributed by atoms with Gasteiger partial charge in [-0.15, -0.1) is 0 Å². The molecule has 0 spiro atoms. The average Bonchev–Trinajstić information content (AvgIpc) is 2.45. The molecule has 0 radical (unpaired) electrons. The second kappa shape index (κ2) is 4.36. The molecule has 1 aliphatic rings. The Bertz CT molecular complexity index is 355. The molecule has 0 N–H and O–H groups in total. The number of hydrogen-bond acceptors (Lipinski definition) is 0. The first-order valence-corrected chi connectivity index (χ1v) is 8.44. The average molecular weight is 212 g/mol. The summed E-state index contributed by atoms with van der Waals surface area (Å²) in [5.74, 6) is 0. The standard InChI is InChI=1S/C12H16Si.Na.H/c1-13(2,3)12-9-8-10-6-4-5-7-11(10)12;;/h4-9,12H,1-3H3;;/q;+1;-1. The maximum atomic E-state index is 2.43. The predicted molar refractivity (Wildman–Crippen MR) is 62.7 cm³/mol. The zero-order valence-corrected chi connectivity index (χ0v) is 12.5. The Hall–Kier alpha value is 0.177. The molecule has 1 unspecified atom stereocenters. The Kier molecular flexibility index (Phi) is 3.81. The van der Waals surface area contributed by atoms with Gasteiger partial charge in [0.2, 0.25) is 0 Å². The van der Waals surface area contributed by atoms with Gasteiger partial charge in [-0.05, 0) is 16.7 Å². The van der Waals surface area contributed by atoms with Crippen molar-refractivity contribution in [3.05, 3.63) is 41.5 Å². The summed E-state index contributed by atoms with van der Waals surface area (Å²) in [7, 11) is -1.06. The van der Waals surface area contributed by atoms with Gasteiger partial charge in [0.15, 0.2) is 0 Å². The van der Waals surface area contributed by atoms with Gasteiger partial charge in [0.25, 0.3) is 0 Å². The van der Waals surface area contributed by atoms with Crippen LogP contribution in [0.3, 0.4) is 0 Å². The van der Waals surface area contributed by atoms with Crippen LogP contribution in [0.25, 0.3) is 6.08 Å². The third-order valence-electron chi connectivity index (χ3n) is 2.73. The maximum absolute atomic E-state index is 2.43. The van der Waals surface area contributed by atoms with E-state index in [1.165, 1.54) is 5.56 Å². The fourth-order valence-electron chi connectivity index (χ4n) is 2.00. The van der Waals surface area contributed by atoms with Crippen LogP contribution in [-0.4, -0.2) is 8.07 Å². The van der Waals surface area contributed by atoms with E-state index in [9.17, 15) is 0 Å². The van der Waals surface area contributed by atoms with Crippen molar-refractivity contribution in [1.29, 1.82) is 0 Å². The maximum Gasteiger partial charge on any atom is 1.00 e. The third-order valence-corrected chi connectivity index (χ3v) is 5.10. The number of benzene rings is 1. The van der Waals surface area contributed by atoms with E-state index in [-0.39, 0.29) is 31.0 Å². The van der Waals surface area contributed by atoms with Gasteiger partial charge >= 0.3 is 29.6 Å². The van der Waals surface area contributed by atoms with Crippen LogP contribution >= 0.6 is 0 Å². The first-order chi connectivity index (χ1) is 6.09. The molecule has 0 fully saturated rings. The van der Waals surface area contributed by atoms with Gasteiger partial charge in [0.05, 0.1) is 8.07 Å². The minimum absolute atomic E-state index is 0. The Morgan fingerprint density at radius 2 is 1.79 bits per heavy atom. The summed E-state index contributed by atoms with van der Waals surface area (Å²) in [6.07, 6.45) is 4.66. The van der Waals surface area contributed by atoms with Gasteiger partial charge in [-0.25, -0.2) is 0 Å². The molecule has 1 aliphatic carbocycles. The van der Waals surface area contributed by atoms with Crippen molar-refractivity contribution < 1.29 is 31.0 Å². The predicted octanol–water partition coefficient (Wildman–Crippen LogP) is 0.791. The van der Waals surface area contributed by atoms with Crippen LogP contribution in [0.4, 0.5) is 0 Å². The van der Waals surface area contributed by atoms with E-state index in [1.54, 1.807) is 5.56 Å². The second-order valence-corrected chi connectivity index (χ2v) is 10.2. The molecule has 0 bridgehead atoms. The van der Waals surface area contributed by atoms with Gasteiger partial charge in [0.1, 0.15) is 0 Å². The third kappa shape index (κ3) is 2.22. The Morgan fingerprint density at radius 1 is 1.14 bits per heavy atom. The van der Waals surface area contributed by atoms with Gasteiger partial charge in [0, 0.05) is 0 Å². The largest absolute Gasteiger partial charge is 1.00 e. The van der Waals surface area contributed by atoms with Crippen LogP contribution in [0.1, 0.15) is 18.1 Å². The van der Waals surface area contributed by atoms with Crippen molar-refractivity contribution >= 4 is 14.1 Å². The van der Waals surface area contributed by atoms with Gasteiger partial charge in [-0.3, -0.25) is 0 Å². The van der Waals surface area contributed by atoms with E-state index in [2.05, 4.69) is 56.1 Å². The molecule has 1 atom stereocenters. The number of hydrogen-bond donors (Lipinski definition) is 0. The molecule has 0 amide bonds. The minimum Gasteiger partial charge on any atom is -1.00 e. The van der Waals surface area contributed by atoms with E-state index in [0.29, 0.717) is 0 Å². The Morgan fingerprint density at radius 3 is 2.43 bits per heavy atom. The van der Waals surface area contributed by atoms with Crippen LogP contribution in [0.2, 0.25) is 19.6 Å². The fraction of sp³-hybridized carbons (Fsp3) is 0.333. The topological polar surface area (TPSA) is 0 Å². The van der Waals surface area contributed by atoms with Crippen LogP contribution in [0.15, 0.2) is 30.3 Å². The summed E-state index contributed by atoms with van der Waals surface area (Å²) in [4.78, 5) is 0. The molecule has 2 rings (SSSR count). The molecular weight excluding hydrogens is 195 g/mol. The van der Waals surface area contributed by atoms with Crippen LogP contribution < -0.4 is 29.6 Å². The summed E-state index contributed by atoms with van der Waals surface area (Å²) in [6.45, 7) is 7.30. The van der Waals surface area contributed by atoms with Gasteiger partial charge < -0.3 is 1.43 Å². The summed E-state index contributed by atoms with van der Waals surface area (Å²) < 4.78 is 0. The van der Waals surface area contributed by atoms with E-state index in [4.69, 9.17) is 0 Å². The molecule has 0 heterocycles. The SMILES string of the molecule is C[Si](C)(C)C1C=Cc2ccccc21.[H-].[Na+]. The summed E-state index contributed by atoms with van der Waals surface area (Å²) in [5.41, 5.74) is 3.69. The Labute approximate surface area is 111 Å². The van der Waals surface area contributed by atoms with E-state index in [1.807, 2.05) is 0 Å². The van der Waals surface area contributed by atoms with Crippen molar-refractivity contribution in [3.63, 3.8) is 0 Å². The zero-order chi connectivity index (χ0) is 9.47. The van der Waals surface area contributed by atoms with Crippen LogP contribution in [0, 0.1) is 0 Å². The van der Waals surface area contributed by atoms with Crippen molar-refractivity contribution in [3.8, 4) is 0 Å². The smallest absolute Gasteiger partial charge is 1.00 e. The molecule has 70 valence electrons. The summed E-state index contributed by atoms with van der Waals surface area (Å²) in [6, 6.07) is 8.76. The second-order valence-electron chi connectivity index (χ2n) is 4.83. The molecule has 0 aliphatic heterocycles. The van der Waals surface area contributed by atoms with E-state index >= 15 is 0 Å². The number of rotatable bonds is 1. The van der Waals surface area contributed by atoms with E-state index in [0.717, 1.165) is 5.54 Å². The van der Waals surface area contributed by atoms with E-state index < -0.39 is 8.07 Å². The van der Waals surface area contributed by atoms with Crippen molar-refractivity contribution in [2.24, 2.45) is 0 Å². The quantitative estimate of drug-likeness (QED) is 0.604. The molecule has 1 aromatic carbocycles. The zero-order valence-electron chi connectivity index (χ0n) is 10.5. The Balaban J connectivity index is 0.000000980. The molecule has 0 aromatic heterocycles. The first kappa shape index (κ1) is 12.2. The van der Waals surface area contributed by atoms with Crippen LogP contribution in [0.5, 0.6) is 0 Å². The summed E-state index contributed by atoms with van der Waals surface area (Å²) >= 11 is 0. The van der Waals surface area contributed by atoms with Gasteiger partial charge in [-0.1, -0.05) is 56.1 Å². The summed E-state index contributed by atoms with van der Waals surface area (Å²) in [5, 5.41) is 0. The number of fused-ring (bicyclic) bond motifs is 1. The van der Waals surface area contributed by atoms with Crippen molar-refractivity contribution in [1.82, 2.24) is 0 Å². The van der Waals surface area contributed by atoms with Gasteiger partial charge in [-0.2, -0.15) is 0 Å². The van der Waals surface area contributed by atoms with Crippen LogP contribution in [-0.2, 0) is 0 Å². The molecule has 0 saturated heterocycles. The molecule has 0 nitrogen and oxygen atoms in total. The molecule has 1 aromatic rings. The first-order valence-electron chi connectivity index (χ1n) is 4.86. The molecule has 0 saturated carbocycles. The molecule has 2 heteroatoms. The van der Waals surface area contributed by atoms with Crippen molar-refractivity contribution in [2.75, 3.05) is 0 Å². The number of allylic oxidation sites excluding steroid dienone is 1. The minimum atomic E-state index is -1.06. The monoisotopic (exact) mass is 212 g/mol. The molecular formula is C12H17NaSi. The van der Waals surface area contributed by atoms with Crippen molar-refractivity contribution in [2.45, 2.75) is 25.2 Å². The fourth-order valence-corrected chi connectivity index (χ4v) is 3.87. The molecule has 14 heavy (non-hydrogen) atoms. The normalized spacial score (nSPS) is 18.9.